The molecule has 1 N–H and O–H groups in total. The van der Waals surface area contributed by atoms with Gasteiger partial charge in [0.1, 0.15) is 0 Å². The largest absolute Gasteiger partial charge is 0.385 e. The van der Waals surface area contributed by atoms with Crippen molar-refractivity contribution in [2.75, 3.05) is 13.1 Å². The fourth-order valence-corrected chi connectivity index (χ4v) is 3.42. The topological polar surface area (TPSA) is 23.5 Å². The maximum absolute atomic E-state index is 11.2. The second-order valence-electron chi connectivity index (χ2n) is 6.58. The van der Waals surface area contributed by atoms with Crippen LogP contribution in [-0.4, -0.2) is 29.1 Å². The molecule has 0 bridgehead atoms. The molecule has 0 aromatic heterocycles. The lowest BCUT2D eigenvalue weighted by Gasteiger charge is -2.29. The third-order valence-electron chi connectivity index (χ3n) is 4.87. The van der Waals surface area contributed by atoms with Crippen molar-refractivity contribution in [2.45, 2.75) is 44.8 Å². The molecule has 0 aliphatic carbocycles. The molecular formula is C19H25NO. The lowest BCUT2D eigenvalue weighted by molar-refractivity contribution is 0.0205. The van der Waals surface area contributed by atoms with Gasteiger partial charge in [-0.3, -0.25) is 0 Å². The minimum atomic E-state index is -0.673. The van der Waals surface area contributed by atoms with Gasteiger partial charge in [-0.05, 0) is 62.1 Å². The Hall–Kier alpha value is -1.38. The standard InChI is InChI=1S/C19H25NO/c1-15(2)20-12-5-10-19(21,11-13-20)18-9-8-16-6-3-4-7-17(16)14-18/h3-4,6-9,14-15,21H,5,10-13H2,1-2H3. The molecule has 1 unspecified atom stereocenters. The number of likely N-dealkylation sites (tertiary alicyclic amines) is 1. The minimum absolute atomic E-state index is 0.559. The Morgan fingerprint density at radius 1 is 1.00 bits per heavy atom. The summed E-state index contributed by atoms with van der Waals surface area (Å²) in [5.41, 5.74) is 0.403. The molecule has 2 aromatic rings. The van der Waals surface area contributed by atoms with Crippen LogP contribution < -0.4 is 0 Å². The molecule has 2 heteroatoms. The van der Waals surface area contributed by atoms with Gasteiger partial charge in [0.2, 0.25) is 0 Å². The second kappa shape index (κ2) is 5.78. The van der Waals surface area contributed by atoms with Gasteiger partial charge in [-0.2, -0.15) is 0 Å². The fraction of sp³-hybridized carbons (Fsp3) is 0.474. The summed E-state index contributed by atoms with van der Waals surface area (Å²) in [6, 6.07) is 15.3. The zero-order valence-electron chi connectivity index (χ0n) is 13.0. The molecule has 0 radical (unpaired) electrons. The molecule has 2 aromatic carbocycles. The predicted octanol–water partition coefficient (Wildman–Crippen LogP) is 3.92. The minimum Gasteiger partial charge on any atom is -0.385 e. The van der Waals surface area contributed by atoms with Gasteiger partial charge in [-0.1, -0.05) is 36.4 Å². The molecule has 1 fully saturated rings. The van der Waals surface area contributed by atoms with Crippen molar-refractivity contribution >= 4 is 10.8 Å². The van der Waals surface area contributed by atoms with Crippen molar-refractivity contribution < 1.29 is 5.11 Å². The zero-order chi connectivity index (χ0) is 14.9. The first-order valence-corrected chi connectivity index (χ1v) is 8.04. The van der Waals surface area contributed by atoms with E-state index in [0.717, 1.165) is 37.9 Å². The average Bonchev–Trinajstić information content (AvgIpc) is 2.70. The van der Waals surface area contributed by atoms with Gasteiger partial charge >= 0.3 is 0 Å². The van der Waals surface area contributed by atoms with Crippen molar-refractivity contribution in [1.29, 1.82) is 0 Å². The Morgan fingerprint density at radius 2 is 1.76 bits per heavy atom. The Kier molecular flexibility index (Phi) is 4.01. The molecule has 1 saturated heterocycles. The van der Waals surface area contributed by atoms with Crippen LogP contribution in [0.5, 0.6) is 0 Å². The maximum atomic E-state index is 11.2. The smallest absolute Gasteiger partial charge is 0.0909 e. The maximum Gasteiger partial charge on any atom is 0.0909 e. The normalized spacial score (nSPS) is 24.4. The summed E-state index contributed by atoms with van der Waals surface area (Å²) in [5.74, 6) is 0. The second-order valence-corrected chi connectivity index (χ2v) is 6.58. The molecule has 2 nitrogen and oxygen atoms in total. The highest BCUT2D eigenvalue weighted by molar-refractivity contribution is 5.83. The number of aliphatic hydroxyl groups is 1. The van der Waals surface area contributed by atoms with Gasteiger partial charge in [0, 0.05) is 12.6 Å². The summed E-state index contributed by atoms with van der Waals surface area (Å²) in [6.07, 6.45) is 2.74. The monoisotopic (exact) mass is 283 g/mol. The highest BCUT2D eigenvalue weighted by Crippen LogP contribution is 2.34. The predicted molar refractivity (Wildman–Crippen MR) is 88.4 cm³/mol. The SMILES string of the molecule is CC(C)N1CCCC(O)(c2ccc3ccccc3c2)CC1. The molecule has 1 aliphatic heterocycles. The number of benzene rings is 2. The molecule has 1 aliphatic rings. The quantitative estimate of drug-likeness (QED) is 0.903. The van der Waals surface area contributed by atoms with Gasteiger partial charge < -0.3 is 10.0 Å². The summed E-state index contributed by atoms with van der Waals surface area (Å²) >= 11 is 0. The van der Waals surface area contributed by atoms with Gasteiger partial charge in [-0.25, -0.2) is 0 Å². The highest BCUT2D eigenvalue weighted by atomic mass is 16.3. The molecule has 0 saturated carbocycles. The molecule has 0 spiro atoms. The number of rotatable bonds is 2. The van der Waals surface area contributed by atoms with Crippen LogP contribution in [0.1, 0.15) is 38.7 Å². The molecule has 21 heavy (non-hydrogen) atoms. The van der Waals surface area contributed by atoms with Crippen LogP contribution in [0.15, 0.2) is 42.5 Å². The number of nitrogens with zero attached hydrogens (tertiary/aromatic N) is 1. The summed E-state index contributed by atoms with van der Waals surface area (Å²) in [4.78, 5) is 2.47. The van der Waals surface area contributed by atoms with Crippen molar-refractivity contribution in [2.24, 2.45) is 0 Å². The van der Waals surface area contributed by atoms with Crippen molar-refractivity contribution in [3.63, 3.8) is 0 Å². The fourth-order valence-electron chi connectivity index (χ4n) is 3.42. The first-order valence-electron chi connectivity index (χ1n) is 8.04. The van der Waals surface area contributed by atoms with Crippen LogP contribution in [0.2, 0.25) is 0 Å². The summed E-state index contributed by atoms with van der Waals surface area (Å²) < 4.78 is 0. The van der Waals surface area contributed by atoms with Gasteiger partial charge in [0.05, 0.1) is 5.60 Å². The number of fused-ring (bicyclic) bond motifs is 1. The number of hydrogen-bond donors (Lipinski definition) is 1. The van der Waals surface area contributed by atoms with E-state index in [1.54, 1.807) is 0 Å². The van der Waals surface area contributed by atoms with E-state index in [2.05, 4.69) is 61.2 Å². The Morgan fingerprint density at radius 3 is 2.52 bits per heavy atom. The summed E-state index contributed by atoms with van der Waals surface area (Å²) in [6.45, 7) is 6.54. The van der Waals surface area contributed by atoms with E-state index in [0.29, 0.717) is 6.04 Å². The molecular weight excluding hydrogens is 258 g/mol. The van der Waals surface area contributed by atoms with Gasteiger partial charge in [0.15, 0.2) is 0 Å². The van der Waals surface area contributed by atoms with Gasteiger partial charge in [0.25, 0.3) is 0 Å². The summed E-state index contributed by atoms with van der Waals surface area (Å²) in [7, 11) is 0. The first kappa shape index (κ1) is 14.6. The molecule has 112 valence electrons. The molecule has 1 heterocycles. The van der Waals surface area contributed by atoms with Crippen LogP contribution >= 0.6 is 0 Å². The van der Waals surface area contributed by atoms with E-state index >= 15 is 0 Å². The van der Waals surface area contributed by atoms with E-state index in [4.69, 9.17) is 0 Å². The molecule has 0 amide bonds. The third kappa shape index (κ3) is 2.97. The first-order chi connectivity index (χ1) is 10.1. The van der Waals surface area contributed by atoms with E-state index in [-0.39, 0.29) is 0 Å². The lowest BCUT2D eigenvalue weighted by Crippen LogP contribution is -2.33. The van der Waals surface area contributed by atoms with Crippen LogP contribution in [0.3, 0.4) is 0 Å². The van der Waals surface area contributed by atoms with Crippen LogP contribution in [0.25, 0.3) is 10.8 Å². The summed E-state index contributed by atoms with van der Waals surface area (Å²) in [5, 5.41) is 13.6. The van der Waals surface area contributed by atoms with Gasteiger partial charge in [-0.15, -0.1) is 0 Å². The van der Waals surface area contributed by atoms with Crippen molar-refractivity contribution in [1.82, 2.24) is 4.90 Å². The van der Waals surface area contributed by atoms with Crippen LogP contribution in [0.4, 0.5) is 0 Å². The Labute approximate surface area is 127 Å². The van der Waals surface area contributed by atoms with E-state index in [1.807, 2.05) is 0 Å². The Balaban J connectivity index is 1.89. The number of hydrogen-bond acceptors (Lipinski definition) is 2. The third-order valence-corrected chi connectivity index (χ3v) is 4.87. The zero-order valence-corrected chi connectivity index (χ0v) is 13.0. The average molecular weight is 283 g/mol. The Bertz CT molecular complexity index is 622. The lowest BCUT2D eigenvalue weighted by atomic mass is 9.86. The molecule has 1 atom stereocenters. The van der Waals surface area contributed by atoms with E-state index < -0.39 is 5.60 Å². The van der Waals surface area contributed by atoms with Crippen LogP contribution in [0, 0.1) is 0 Å². The molecule has 3 rings (SSSR count). The van der Waals surface area contributed by atoms with E-state index in [1.165, 1.54) is 10.8 Å². The van der Waals surface area contributed by atoms with Crippen molar-refractivity contribution in [3.05, 3.63) is 48.0 Å². The van der Waals surface area contributed by atoms with Crippen molar-refractivity contribution in [3.8, 4) is 0 Å². The highest BCUT2D eigenvalue weighted by Gasteiger charge is 2.32. The van der Waals surface area contributed by atoms with E-state index in [9.17, 15) is 5.11 Å². The van der Waals surface area contributed by atoms with Crippen LogP contribution in [-0.2, 0) is 5.60 Å².